The lowest BCUT2D eigenvalue weighted by atomic mass is 10.2. The lowest BCUT2D eigenvalue weighted by Gasteiger charge is -2.04. The third-order valence-corrected chi connectivity index (χ3v) is 4.74. The standard InChI is InChI=1S/C13H9F3I.ClH/c14-13(15,16)10-5-4-8-12(9-10)17-11-6-2-1-3-7-11;/h1-9H;1H/q+1;/p-1. The summed E-state index contributed by atoms with van der Waals surface area (Å²) in [4.78, 5) is 0. The van der Waals surface area contributed by atoms with E-state index >= 15 is 0 Å². The first-order valence-corrected chi connectivity index (χ1v) is 7.08. The molecule has 0 aliphatic carbocycles. The maximum absolute atomic E-state index is 12.5. The molecule has 0 radical (unpaired) electrons. The van der Waals surface area contributed by atoms with Crippen molar-refractivity contribution < 1.29 is 46.8 Å². The van der Waals surface area contributed by atoms with Crippen LogP contribution in [-0.4, -0.2) is 0 Å². The summed E-state index contributed by atoms with van der Waals surface area (Å²) in [6, 6.07) is 15.2. The van der Waals surface area contributed by atoms with E-state index in [2.05, 4.69) is 0 Å². The zero-order valence-electron chi connectivity index (χ0n) is 9.09. The van der Waals surface area contributed by atoms with Crippen LogP contribution in [0.15, 0.2) is 54.6 Å². The smallest absolute Gasteiger partial charge is 0.416 e. The monoisotopic (exact) mass is 384 g/mol. The summed E-state index contributed by atoms with van der Waals surface area (Å²) in [5.41, 5.74) is -0.564. The minimum Gasteiger partial charge on any atom is -1.00 e. The SMILES string of the molecule is FC(F)(F)c1cccc([I+]c2ccccc2)c1.[Cl-]. The summed E-state index contributed by atoms with van der Waals surface area (Å²) in [5, 5.41) is 0. The Bertz CT molecular complexity index is 497. The van der Waals surface area contributed by atoms with Gasteiger partial charge < -0.3 is 12.4 Å². The van der Waals surface area contributed by atoms with E-state index in [-0.39, 0.29) is 12.4 Å². The number of rotatable bonds is 2. The van der Waals surface area contributed by atoms with Gasteiger partial charge in [-0.05, 0) is 24.3 Å². The molecule has 0 saturated heterocycles. The highest BCUT2D eigenvalue weighted by Crippen LogP contribution is 2.28. The topological polar surface area (TPSA) is 0 Å². The van der Waals surface area contributed by atoms with E-state index in [0.29, 0.717) is 0 Å². The molecule has 18 heavy (non-hydrogen) atoms. The van der Waals surface area contributed by atoms with Gasteiger partial charge in [-0.2, -0.15) is 13.2 Å². The van der Waals surface area contributed by atoms with Crippen LogP contribution in [0.2, 0.25) is 0 Å². The second-order valence-electron chi connectivity index (χ2n) is 3.40. The van der Waals surface area contributed by atoms with Gasteiger partial charge in [0, 0.05) is 6.07 Å². The number of hydrogen-bond acceptors (Lipinski definition) is 0. The van der Waals surface area contributed by atoms with Crippen molar-refractivity contribution in [2.75, 3.05) is 0 Å². The van der Waals surface area contributed by atoms with E-state index in [9.17, 15) is 13.2 Å². The predicted octanol–water partition coefficient (Wildman–Crippen LogP) is -2.16. The maximum Gasteiger partial charge on any atom is 0.416 e. The van der Waals surface area contributed by atoms with Crippen LogP contribution in [0.25, 0.3) is 0 Å². The molecule has 0 aliphatic rings. The first kappa shape index (κ1) is 15.3. The first-order valence-electron chi connectivity index (χ1n) is 4.93. The summed E-state index contributed by atoms with van der Waals surface area (Å²) < 4.78 is 39.5. The van der Waals surface area contributed by atoms with Crippen molar-refractivity contribution in [3.05, 3.63) is 67.3 Å². The van der Waals surface area contributed by atoms with Crippen LogP contribution in [0.5, 0.6) is 0 Å². The third-order valence-electron chi connectivity index (χ3n) is 2.10. The van der Waals surface area contributed by atoms with Crippen molar-refractivity contribution in [2.24, 2.45) is 0 Å². The minimum absolute atomic E-state index is 0. The number of alkyl halides is 3. The van der Waals surface area contributed by atoms with Gasteiger partial charge in [0.15, 0.2) is 7.14 Å². The average molecular weight is 385 g/mol. The van der Waals surface area contributed by atoms with Crippen molar-refractivity contribution in [1.82, 2.24) is 0 Å². The molecule has 2 aromatic rings. The van der Waals surface area contributed by atoms with E-state index in [0.717, 1.165) is 13.2 Å². The first-order chi connectivity index (χ1) is 8.05. The van der Waals surface area contributed by atoms with Gasteiger partial charge in [0.2, 0.25) is 0 Å². The number of hydrogen-bond donors (Lipinski definition) is 0. The van der Waals surface area contributed by atoms with Gasteiger partial charge in [-0.3, -0.25) is 0 Å². The molecule has 0 spiro atoms. The molecule has 0 aliphatic heterocycles. The molecular weight excluding hydrogens is 375 g/mol. The predicted molar refractivity (Wildman–Crippen MR) is 55.3 cm³/mol. The van der Waals surface area contributed by atoms with Crippen molar-refractivity contribution in [3.63, 3.8) is 0 Å². The molecule has 0 fully saturated rings. The molecule has 5 heteroatoms. The molecule has 0 nitrogen and oxygen atoms in total. The Kier molecular flexibility index (Phi) is 5.47. The van der Waals surface area contributed by atoms with Gasteiger partial charge in [-0.15, -0.1) is 0 Å². The molecule has 0 heterocycles. The van der Waals surface area contributed by atoms with E-state index in [1.807, 2.05) is 30.3 Å². The lowest BCUT2D eigenvalue weighted by Crippen LogP contribution is -3.61. The maximum atomic E-state index is 12.5. The van der Waals surface area contributed by atoms with Gasteiger partial charge in [0.05, 0.1) is 5.56 Å². The summed E-state index contributed by atoms with van der Waals surface area (Å²) in [6.45, 7) is 0. The minimum atomic E-state index is -4.25. The second-order valence-corrected chi connectivity index (χ2v) is 6.43. The molecular formula is C13H9ClF3I. The molecule has 0 aromatic heterocycles. The molecule has 2 aromatic carbocycles. The summed E-state index contributed by atoms with van der Waals surface area (Å²) >= 11 is -0.536. The molecule has 0 atom stereocenters. The van der Waals surface area contributed by atoms with Crippen molar-refractivity contribution in [1.29, 1.82) is 0 Å². The lowest BCUT2D eigenvalue weighted by molar-refractivity contribution is -0.597. The van der Waals surface area contributed by atoms with Crippen LogP contribution in [0.1, 0.15) is 5.56 Å². The summed E-state index contributed by atoms with van der Waals surface area (Å²) in [5.74, 6) is 0. The van der Waals surface area contributed by atoms with Crippen molar-refractivity contribution in [2.45, 2.75) is 6.18 Å². The highest BCUT2D eigenvalue weighted by atomic mass is 127. The Morgan fingerprint density at radius 3 is 2.00 bits per heavy atom. The zero-order valence-corrected chi connectivity index (χ0v) is 12.0. The highest BCUT2D eigenvalue weighted by molar-refractivity contribution is 5.17. The van der Waals surface area contributed by atoms with Crippen LogP contribution in [0.4, 0.5) is 13.2 Å². The van der Waals surface area contributed by atoms with Crippen molar-refractivity contribution in [3.8, 4) is 0 Å². The van der Waals surface area contributed by atoms with Crippen LogP contribution >= 0.6 is 0 Å². The van der Waals surface area contributed by atoms with Crippen LogP contribution in [0.3, 0.4) is 0 Å². The summed E-state index contributed by atoms with van der Waals surface area (Å²) in [7, 11) is 0. The largest absolute Gasteiger partial charge is 1.00 e. The number of halogens is 5. The molecule has 0 amide bonds. The third kappa shape index (κ3) is 4.17. The second kappa shape index (κ2) is 6.43. The molecule has 96 valence electrons. The van der Waals surface area contributed by atoms with Gasteiger partial charge in [-0.25, -0.2) is 0 Å². The molecule has 0 unspecified atom stereocenters. The normalized spacial score (nSPS) is 10.8. The fourth-order valence-electron chi connectivity index (χ4n) is 1.33. The van der Waals surface area contributed by atoms with Gasteiger partial charge in [0.1, 0.15) is 0 Å². The Labute approximate surface area is 120 Å². The van der Waals surface area contributed by atoms with Gasteiger partial charge in [-0.1, -0.05) is 24.3 Å². The summed E-state index contributed by atoms with van der Waals surface area (Å²) in [6.07, 6.45) is -4.25. The molecule has 0 saturated carbocycles. The average Bonchev–Trinajstić information content (AvgIpc) is 2.29. The fourth-order valence-corrected chi connectivity index (χ4v) is 3.70. The molecule has 2 rings (SSSR count). The Morgan fingerprint density at radius 2 is 1.39 bits per heavy atom. The van der Waals surface area contributed by atoms with Crippen LogP contribution in [0, 0.1) is 7.14 Å². The van der Waals surface area contributed by atoms with Gasteiger partial charge >= 0.3 is 27.4 Å². The van der Waals surface area contributed by atoms with E-state index in [1.54, 1.807) is 6.07 Å². The van der Waals surface area contributed by atoms with E-state index < -0.39 is 32.9 Å². The fraction of sp³-hybridized carbons (Fsp3) is 0.0769. The Balaban J connectivity index is 0.00000162. The van der Waals surface area contributed by atoms with Crippen LogP contribution in [-0.2, 0) is 6.18 Å². The van der Waals surface area contributed by atoms with E-state index in [1.165, 1.54) is 12.1 Å². The quantitative estimate of drug-likeness (QED) is 0.518. The van der Waals surface area contributed by atoms with Crippen molar-refractivity contribution >= 4 is 0 Å². The zero-order chi connectivity index (χ0) is 12.3. The van der Waals surface area contributed by atoms with Gasteiger partial charge in [0.25, 0.3) is 0 Å². The Hall–Kier alpha value is -0.750. The van der Waals surface area contributed by atoms with E-state index in [4.69, 9.17) is 0 Å². The highest BCUT2D eigenvalue weighted by Gasteiger charge is 2.32. The molecule has 0 bridgehead atoms. The number of benzene rings is 2. The van der Waals surface area contributed by atoms with Crippen LogP contribution < -0.4 is 33.6 Å². The Morgan fingerprint density at radius 1 is 0.778 bits per heavy atom. The molecule has 0 N–H and O–H groups in total.